The van der Waals surface area contributed by atoms with Crippen molar-refractivity contribution < 1.29 is 32.2 Å². The maximum atomic E-state index is 14.6. The normalized spacial score (nSPS) is 21.6. The second-order valence-corrected chi connectivity index (χ2v) is 10.6. The van der Waals surface area contributed by atoms with Gasteiger partial charge in [-0.25, -0.2) is 14.4 Å². The molecule has 1 aliphatic carbocycles. The number of halogens is 4. The first-order chi connectivity index (χ1) is 18.6. The molecular weight excluding hydrogens is 518 g/mol. The summed E-state index contributed by atoms with van der Waals surface area (Å²) in [6.45, 7) is 5.65. The molecule has 2 aliphatic heterocycles. The van der Waals surface area contributed by atoms with Crippen LogP contribution < -0.4 is 9.64 Å². The largest absolute Gasteiger partial charge is 0.573 e. The number of hydrogen-bond acceptors (Lipinski definition) is 7. The van der Waals surface area contributed by atoms with Crippen molar-refractivity contribution in [3.8, 4) is 5.75 Å². The lowest BCUT2D eigenvalue weighted by molar-refractivity contribution is -0.275. The van der Waals surface area contributed by atoms with Crippen LogP contribution in [-0.4, -0.2) is 89.1 Å². The molecule has 1 amide bonds. The van der Waals surface area contributed by atoms with E-state index in [-0.39, 0.29) is 12.5 Å². The summed E-state index contributed by atoms with van der Waals surface area (Å²) < 4.78 is 56.4. The molecule has 3 aliphatic rings. The average molecular weight is 552 g/mol. The number of anilines is 1. The molecule has 0 spiro atoms. The van der Waals surface area contributed by atoms with E-state index >= 15 is 0 Å². The molecule has 39 heavy (non-hydrogen) atoms. The van der Waals surface area contributed by atoms with Gasteiger partial charge in [0.15, 0.2) is 11.6 Å². The highest BCUT2D eigenvalue weighted by Gasteiger charge is 2.35. The number of ether oxygens (including phenoxy) is 1. The highest BCUT2D eigenvalue weighted by atomic mass is 19.4. The Kier molecular flexibility index (Phi) is 7.95. The monoisotopic (exact) mass is 551 g/mol. The van der Waals surface area contributed by atoms with Crippen LogP contribution in [0.1, 0.15) is 54.8 Å². The van der Waals surface area contributed by atoms with Gasteiger partial charge in [-0.05, 0) is 49.3 Å². The molecule has 2 atom stereocenters. The highest BCUT2D eigenvalue weighted by molar-refractivity contribution is 5.84. The first-order valence-corrected chi connectivity index (χ1v) is 13.4. The Morgan fingerprint density at radius 1 is 1.10 bits per heavy atom. The van der Waals surface area contributed by atoms with Crippen LogP contribution in [0.15, 0.2) is 24.5 Å². The number of nitrogens with zero attached hydrogens (tertiary/aromatic N) is 5. The van der Waals surface area contributed by atoms with Crippen molar-refractivity contribution in [2.75, 3.05) is 50.7 Å². The van der Waals surface area contributed by atoms with E-state index in [0.717, 1.165) is 36.5 Å². The Balaban J connectivity index is 1.32. The van der Waals surface area contributed by atoms with E-state index in [1.165, 1.54) is 11.6 Å². The van der Waals surface area contributed by atoms with Crippen LogP contribution in [-0.2, 0) is 11.2 Å². The zero-order valence-electron chi connectivity index (χ0n) is 21.8. The number of piperazine rings is 1. The number of carbonyl (C=O) groups is 1. The number of carbonyl (C=O) groups excluding carboxylic acids is 1. The van der Waals surface area contributed by atoms with Crippen molar-refractivity contribution in [1.82, 2.24) is 19.8 Å². The molecule has 0 radical (unpaired) electrons. The number of alkyl halides is 3. The van der Waals surface area contributed by atoms with Gasteiger partial charge in [0.1, 0.15) is 12.1 Å². The highest BCUT2D eigenvalue weighted by Crippen LogP contribution is 2.37. The van der Waals surface area contributed by atoms with E-state index < -0.39 is 30.0 Å². The van der Waals surface area contributed by atoms with Gasteiger partial charge in [0.2, 0.25) is 5.91 Å². The van der Waals surface area contributed by atoms with Crippen LogP contribution in [0.2, 0.25) is 0 Å². The molecule has 1 aromatic heterocycles. The van der Waals surface area contributed by atoms with Crippen molar-refractivity contribution in [2.45, 2.75) is 56.9 Å². The van der Waals surface area contributed by atoms with Gasteiger partial charge in [-0.3, -0.25) is 4.79 Å². The number of aromatic nitrogens is 2. The zero-order valence-corrected chi connectivity index (χ0v) is 21.8. The minimum atomic E-state index is -5.02. The SMILES string of the molecule is CC1CCc2ncnc(N3CCN(C(=O)C(CN4CCC(O)CC4)c4ccc(OC(F)(F)F)c(F)c4)CC3)c21. The molecule has 2 fully saturated rings. The Bertz CT molecular complexity index is 1180. The Morgan fingerprint density at radius 2 is 1.82 bits per heavy atom. The lowest BCUT2D eigenvalue weighted by atomic mass is 9.94. The van der Waals surface area contributed by atoms with E-state index in [1.54, 1.807) is 11.2 Å². The van der Waals surface area contributed by atoms with Crippen molar-refractivity contribution in [2.24, 2.45) is 0 Å². The van der Waals surface area contributed by atoms with Crippen molar-refractivity contribution >= 4 is 11.7 Å². The van der Waals surface area contributed by atoms with Gasteiger partial charge < -0.3 is 24.5 Å². The summed E-state index contributed by atoms with van der Waals surface area (Å²) in [6, 6.07) is 3.21. The third-order valence-electron chi connectivity index (χ3n) is 8.02. The Morgan fingerprint density at radius 3 is 2.49 bits per heavy atom. The number of aryl methyl sites for hydroxylation is 1. The van der Waals surface area contributed by atoms with Crippen molar-refractivity contribution in [1.29, 1.82) is 0 Å². The van der Waals surface area contributed by atoms with Crippen LogP contribution in [0.4, 0.5) is 23.4 Å². The smallest absolute Gasteiger partial charge is 0.403 e. The van der Waals surface area contributed by atoms with E-state index in [4.69, 9.17) is 0 Å². The summed E-state index contributed by atoms with van der Waals surface area (Å²) in [6.07, 6.45) is -0.724. The molecule has 5 rings (SSSR count). The molecule has 12 heteroatoms. The van der Waals surface area contributed by atoms with Gasteiger partial charge in [0.05, 0.1) is 12.0 Å². The molecule has 1 aromatic carbocycles. The van der Waals surface area contributed by atoms with E-state index in [0.29, 0.717) is 63.6 Å². The lowest BCUT2D eigenvalue weighted by Crippen LogP contribution is -2.52. The van der Waals surface area contributed by atoms with Crippen LogP contribution >= 0.6 is 0 Å². The minimum absolute atomic E-state index is 0.203. The fraction of sp³-hybridized carbons (Fsp3) is 0.593. The molecular formula is C27H33F4N5O3. The summed E-state index contributed by atoms with van der Waals surface area (Å²) in [5.74, 6) is -1.78. The van der Waals surface area contributed by atoms with Crippen molar-refractivity contribution in [3.05, 3.63) is 47.2 Å². The number of piperidine rings is 1. The lowest BCUT2D eigenvalue weighted by Gasteiger charge is -2.39. The molecule has 1 N–H and O–H groups in total. The van der Waals surface area contributed by atoms with Gasteiger partial charge in [-0.1, -0.05) is 13.0 Å². The Hall–Kier alpha value is -2.99. The molecule has 0 bridgehead atoms. The molecule has 8 nitrogen and oxygen atoms in total. The van der Waals surface area contributed by atoms with Gasteiger partial charge in [-0.2, -0.15) is 0 Å². The molecule has 2 saturated heterocycles. The van der Waals surface area contributed by atoms with Gasteiger partial charge in [0, 0.05) is 57.1 Å². The third kappa shape index (κ3) is 6.27. The van der Waals surface area contributed by atoms with Gasteiger partial charge >= 0.3 is 6.36 Å². The first kappa shape index (κ1) is 27.6. The fourth-order valence-electron chi connectivity index (χ4n) is 5.86. The summed E-state index contributed by atoms with van der Waals surface area (Å²) in [7, 11) is 0. The summed E-state index contributed by atoms with van der Waals surface area (Å²) in [4.78, 5) is 28.8. The second-order valence-electron chi connectivity index (χ2n) is 10.6. The van der Waals surface area contributed by atoms with Crippen LogP contribution in [0.25, 0.3) is 0 Å². The van der Waals surface area contributed by atoms with Gasteiger partial charge in [0.25, 0.3) is 0 Å². The van der Waals surface area contributed by atoms with Gasteiger partial charge in [-0.15, -0.1) is 13.2 Å². The number of fused-ring (bicyclic) bond motifs is 1. The predicted molar refractivity (Wildman–Crippen MR) is 135 cm³/mol. The zero-order chi connectivity index (χ0) is 27.7. The topological polar surface area (TPSA) is 82.0 Å². The quantitative estimate of drug-likeness (QED) is 0.551. The van der Waals surface area contributed by atoms with Crippen LogP contribution in [0, 0.1) is 5.82 Å². The Labute approximate surface area is 224 Å². The van der Waals surface area contributed by atoms with E-state index in [2.05, 4.69) is 26.5 Å². The standard InChI is InChI=1S/C27H33F4N5O3/c1-17-2-4-22-24(17)25(33-16-32-22)35-10-12-36(13-11-35)26(38)20(15-34-8-6-19(37)7-9-34)18-3-5-23(21(28)14-18)39-27(29,30)31/h3,5,14,16-17,19-20,37H,2,4,6-13,15H2,1H3. The number of aliphatic hydroxyl groups is 1. The number of benzene rings is 1. The van der Waals surface area contributed by atoms with E-state index in [9.17, 15) is 27.5 Å². The predicted octanol–water partition coefficient (Wildman–Crippen LogP) is 3.45. The molecule has 2 unspecified atom stereocenters. The number of hydrogen-bond donors (Lipinski definition) is 1. The van der Waals surface area contributed by atoms with Crippen LogP contribution in [0.3, 0.4) is 0 Å². The summed E-state index contributed by atoms with van der Waals surface area (Å²) in [5, 5.41) is 9.87. The van der Waals surface area contributed by atoms with Crippen LogP contribution in [0.5, 0.6) is 5.75 Å². The number of aliphatic hydroxyl groups excluding tert-OH is 1. The molecule has 3 heterocycles. The average Bonchev–Trinajstić information content (AvgIpc) is 3.29. The molecule has 0 saturated carbocycles. The number of likely N-dealkylation sites (tertiary alicyclic amines) is 1. The second kappa shape index (κ2) is 11.2. The first-order valence-electron chi connectivity index (χ1n) is 13.4. The van der Waals surface area contributed by atoms with E-state index in [1.807, 2.05) is 4.90 Å². The maximum Gasteiger partial charge on any atom is 0.573 e. The third-order valence-corrected chi connectivity index (χ3v) is 8.02. The molecule has 2 aromatic rings. The molecule has 212 valence electrons. The minimum Gasteiger partial charge on any atom is -0.403 e. The number of amides is 1. The maximum absolute atomic E-state index is 14.6. The van der Waals surface area contributed by atoms with Crippen molar-refractivity contribution in [3.63, 3.8) is 0 Å². The summed E-state index contributed by atoms with van der Waals surface area (Å²) in [5.41, 5.74) is 2.56. The fourth-order valence-corrected chi connectivity index (χ4v) is 5.86. The summed E-state index contributed by atoms with van der Waals surface area (Å²) >= 11 is 0. The number of rotatable bonds is 6.